The number of pyridine rings is 1. The SMILES string of the molecule is Cc1ccc(Nc2nc3ccc(Oc4ccncc4)cc3n2C)cc1. The summed E-state index contributed by atoms with van der Waals surface area (Å²) in [6.45, 7) is 2.07. The molecule has 0 atom stereocenters. The van der Waals surface area contributed by atoms with Crippen molar-refractivity contribution in [2.24, 2.45) is 7.05 Å². The lowest BCUT2D eigenvalue weighted by atomic mass is 10.2. The van der Waals surface area contributed by atoms with Gasteiger partial charge in [0.1, 0.15) is 11.5 Å². The number of hydrogen-bond donors (Lipinski definition) is 1. The van der Waals surface area contributed by atoms with Crippen molar-refractivity contribution in [3.63, 3.8) is 0 Å². The van der Waals surface area contributed by atoms with Gasteiger partial charge in [0.25, 0.3) is 0 Å². The van der Waals surface area contributed by atoms with E-state index in [-0.39, 0.29) is 0 Å². The van der Waals surface area contributed by atoms with E-state index in [1.54, 1.807) is 12.4 Å². The summed E-state index contributed by atoms with van der Waals surface area (Å²) in [6, 6.07) is 17.8. The van der Waals surface area contributed by atoms with Crippen molar-refractivity contribution in [2.45, 2.75) is 6.92 Å². The molecule has 2 aromatic carbocycles. The van der Waals surface area contributed by atoms with Crippen molar-refractivity contribution in [1.29, 1.82) is 0 Å². The predicted octanol–water partition coefficient (Wildman–Crippen LogP) is 4.81. The number of imidazole rings is 1. The van der Waals surface area contributed by atoms with E-state index < -0.39 is 0 Å². The Morgan fingerprint density at radius 1 is 0.920 bits per heavy atom. The summed E-state index contributed by atoms with van der Waals surface area (Å²) >= 11 is 0. The molecule has 0 saturated heterocycles. The average molecular weight is 330 g/mol. The number of rotatable bonds is 4. The molecule has 0 saturated carbocycles. The van der Waals surface area contributed by atoms with E-state index >= 15 is 0 Å². The molecule has 0 bridgehead atoms. The fourth-order valence-corrected chi connectivity index (χ4v) is 2.65. The molecule has 2 heterocycles. The molecule has 0 aliphatic heterocycles. The van der Waals surface area contributed by atoms with Gasteiger partial charge in [0.2, 0.25) is 5.95 Å². The van der Waals surface area contributed by atoms with Crippen LogP contribution in [0.1, 0.15) is 5.56 Å². The highest BCUT2D eigenvalue weighted by molar-refractivity contribution is 5.81. The number of aromatic nitrogens is 3. The minimum atomic E-state index is 0.759. The van der Waals surface area contributed by atoms with Gasteiger partial charge in [-0.15, -0.1) is 0 Å². The van der Waals surface area contributed by atoms with E-state index in [1.807, 2.05) is 54.1 Å². The molecule has 0 spiro atoms. The van der Waals surface area contributed by atoms with Crippen molar-refractivity contribution < 1.29 is 4.74 Å². The first-order valence-electron chi connectivity index (χ1n) is 8.07. The number of anilines is 2. The van der Waals surface area contributed by atoms with Gasteiger partial charge in [-0.3, -0.25) is 4.98 Å². The van der Waals surface area contributed by atoms with Crippen LogP contribution >= 0.6 is 0 Å². The quantitative estimate of drug-likeness (QED) is 0.583. The maximum absolute atomic E-state index is 5.88. The van der Waals surface area contributed by atoms with Crippen LogP contribution in [0.25, 0.3) is 11.0 Å². The Balaban J connectivity index is 1.64. The van der Waals surface area contributed by atoms with Crippen molar-refractivity contribution in [3.8, 4) is 11.5 Å². The smallest absolute Gasteiger partial charge is 0.208 e. The Bertz CT molecular complexity index is 1010. The lowest BCUT2D eigenvalue weighted by Gasteiger charge is -2.07. The van der Waals surface area contributed by atoms with Gasteiger partial charge in [0, 0.05) is 31.2 Å². The Kier molecular flexibility index (Phi) is 3.82. The lowest BCUT2D eigenvalue weighted by molar-refractivity contribution is 0.482. The Morgan fingerprint density at radius 3 is 2.44 bits per heavy atom. The van der Waals surface area contributed by atoms with E-state index in [0.29, 0.717) is 0 Å². The van der Waals surface area contributed by atoms with E-state index in [9.17, 15) is 0 Å². The molecule has 2 aromatic heterocycles. The van der Waals surface area contributed by atoms with Crippen LogP contribution in [0.5, 0.6) is 11.5 Å². The number of hydrogen-bond acceptors (Lipinski definition) is 4. The molecule has 4 rings (SSSR count). The first kappa shape index (κ1) is 15.2. The van der Waals surface area contributed by atoms with Gasteiger partial charge in [-0.2, -0.15) is 0 Å². The van der Waals surface area contributed by atoms with E-state index in [1.165, 1.54) is 5.56 Å². The van der Waals surface area contributed by atoms with Crippen LogP contribution < -0.4 is 10.1 Å². The second-order valence-corrected chi connectivity index (χ2v) is 5.92. The van der Waals surface area contributed by atoms with Crippen molar-refractivity contribution in [1.82, 2.24) is 14.5 Å². The zero-order valence-electron chi connectivity index (χ0n) is 14.1. The molecular weight excluding hydrogens is 312 g/mol. The van der Waals surface area contributed by atoms with Gasteiger partial charge in [0.05, 0.1) is 11.0 Å². The molecule has 0 amide bonds. The topological polar surface area (TPSA) is 52.0 Å². The number of fused-ring (bicyclic) bond motifs is 1. The Morgan fingerprint density at radius 2 is 1.68 bits per heavy atom. The van der Waals surface area contributed by atoms with Crippen LogP contribution in [0.4, 0.5) is 11.6 Å². The summed E-state index contributed by atoms with van der Waals surface area (Å²) in [5.41, 5.74) is 4.16. The zero-order valence-corrected chi connectivity index (χ0v) is 14.1. The molecule has 25 heavy (non-hydrogen) atoms. The van der Waals surface area contributed by atoms with Crippen LogP contribution in [-0.4, -0.2) is 14.5 Å². The summed E-state index contributed by atoms with van der Waals surface area (Å²) in [6.07, 6.45) is 3.42. The van der Waals surface area contributed by atoms with Crippen molar-refractivity contribution in [2.75, 3.05) is 5.32 Å². The summed E-state index contributed by atoms with van der Waals surface area (Å²) in [4.78, 5) is 8.66. The standard InChI is InChI=1S/C20H18N4O/c1-14-3-5-15(6-4-14)22-20-23-18-8-7-17(13-19(18)24(20)2)25-16-9-11-21-12-10-16/h3-13H,1-2H3,(H,22,23). The number of benzene rings is 2. The Labute approximate surface area is 145 Å². The zero-order chi connectivity index (χ0) is 17.2. The number of ether oxygens (including phenoxy) is 1. The summed E-state index contributed by atoms with van der Waals surface area (Å²) in [5, 5.41) is 3.36. The molecule has 5 heteroatoms. The van der Waals surface area contributed by atoms with Crippen LogP contribution in [-0.2, 0) is 7.05 Å². The van der Waals surface area contributed by atoms with Gasteiger partial charge < -0.3 is 14.6 Å². The molecular formula is C20H18N4O. The number of aryl methyl sites for hydroxylation is 2. The molecule has 1 N–H and O–H groups in total. The molecule has 0 radical (unpaired) electrons. The first-order chi connectivity index (χ1) is 12.2. The molecule has 4 aromatic rings. The highest BCUT2D eigenvalue weighted by Gasteiger charge is 2.09. The van der Waals surface area contributed by atoms with Gasteiger partial charge in [0.15, 0.2) is 0 Å². The summed E-state index contributed by atoms with van der Waals surface area (Å²) < 4.78 is 7.90. The minimum Gasteiger partial charge on any atom is -0.457 e. The highest BCUT2D eigenvalue weighted by Crippen LogP contribution is 2.27. The van der Waals surface area contributed by atoms with Crippen LogP contribution in [0.2, 0.25) is 0 Å². The second-order valence-electron chi connectivity index (χ2n) is 5.92. The monoisotopic (exact) mass is 330 g/mol. The van der Waals surface area contributed by atoms with Crippen LogP contribution in [0, 0.1) is 6.92 Å². The van der Waals surface area contributed by atoms with Crippen molar-refractivity contribution in [3.05, 3.63) is 72.6 Å². The summed E-state index contributed by atoms with van der Waals surface area (Å²) in [7, 11) is 1.99. The molecule has 0 fully saturated rings. The van der Waals surface area contributed by atoms with Gasteiger partial charge in [-0.25, -0.2) is 4.98 Å². The van der Waals surface area contributed by atoms with Gasteiger partial charge in [-0.05, 0) is 43.3 Å². The maximum Gasteiger partial charge on any atom is 0.208 e. The molecule has 124 valence electrons. The maximum atomic E-state index is 5.88. The molecule has 5 nitrogen and oxygen atoms in total. The fraction of sp³-hybridized carbons (Fsp3) is 0.100. The van der Waals surface area contributed by atoms with Gasteiger partial charge >= 0.3 is 0 Å². The fourth-order valence-electron chi connectivity index (χ4n) is 2.65. The normalized spacial score (nSPS) is 10.8. The average Bonchev–Trinajstić information content (AvgIpc) is 2.94. The third-order valence-corrected chi connectivity index (χ3v) is 4.05. The van der Waals surface area contributed by atoms with Gasteiger partial charge in [-0.1, -0.05) is 17.7 Å². The lowest BCUT2D eigenvalue weighted by Crippen LogP contribution is -1.98. The van der Waals surface area contributed by atoms with Crippen LogP contribution in [0.15, 0.2) is 67.0 Å². The van der Waals surface area contributed by atoms with Crippen LogP contribution in [0.3, 0.4) is 0 Å². The largest absolute Gasteiger partial charge is 0.457 e. The summed E-state index contributed by atoms with van der Waals surface area (Å²) in [5.74, 6) is 2.32. The van der Waals surface area contributed by atoms with E-state index in [2.05, 4.69) is 34.3 Å². The molecule has 0 unspecified atom stereocenters. The highest BCUT2D eigenvalue weighted by atomic mass is 16.5. The molecule has 0 aliphatic rings. The van der Waals surface area contributed by atoms with E-state index in [4.69, 9.17) is 4.74 Å². The van der Waals surface area contributed by atoms with Crippen molar-refractivity contribution >= 4 is 22.7 Å². The predicted molar refractivity (Wildman–Crippen MR) is 99.5 cm³/mol. The number of nitrogens with zero attached hydrogens (tertiary/aromatic N) is 3. The Hall–Kier alpha value is -3.34. The third kappa shape index (κ3) is 3.17. The second kappa shape index (κ2) is 6.28. The van der Waals surface area contributed by atoms with E-state index in [0.717, 1.165) is 34.2 Å². The third-order valence-electron chi connectivity index (χ3n) is 4.05. The molecule has 0 aliphatic carbocycles. The minimum absolute atomic E-state index is 0.759. The first-order valence-corrected chi connectivity index (χ1v) is 8.07. The number of nitrogens with one attached hydrogen (secondary N) is 1.